The van der Waals surface area contributed by atoms with Gasteiger partial charge in [0.05, 0.1) is 23.7 Å². The molecule has 0 spiro atoms. The molecule has 1 unspecified atom stereocenters. The zero-order valence-electron chi connectivity index (χ0n) is 17.3. The summed E-state index contributed by atoms with van der Waals surface area (Å²) in [6.07, 6.45) is 1.34. The highest BCUT2D eigenvalue weighted by atomic mass is 32.2. The minimum atomic E-state index is -3.14. The van der Waals surface area contributed by atoms with Crippen molar-refractivity contribution in [1.29, 1.82) is 0 Å². The summed E-state index contributed by atoms with van der Waals surface area (Å²) in [5.41, 5.74) is 0.524. The molecule has 166 valence electrons. The smallest absolute Gasteiger partial charge is 0.411 e. The fourth-order valence-corrected chi connectivity index (χ4v) is 4.89. The first-order valence-electron chi connectivity index (χ1n) is 9.96. The SMILES string of the molecule is CCCCN(C(=O)COC(=O)c1cccc(NC(=O)OCC)c1)C1CCS(=O)(=O)C1. The number of anilines is 1. The topological polar surface area (TPSA) is 119 Å². The molecule has 2 amide bonds. The van der Waals surface area contributed by atoms with E-state index in [1.54, 1.807) is 19.1 Å². The molecule has 1 N–H and O–H groups in total. The van der Waals surface area contributed by atoms with Crippen molar-refractivity contribution in [3.8, 4) is 0 Å². The maximum Gasteiger partial charge on any atom is 0.411 e. The van der Waals surface area contributed by atoms with E-state index in [4.69, 9.17) is 9.47 Å². The number of esters is 1. The number of benzene rings is 1. The number of unbranched alkanes of at least 4 members (excludes halogenated alkanes) is 1. The summed E-state index contributed by atoms with van der Waals surface area (Å²) >= 11 is 0. The van der Waals surface area contributed by atoms with Crippen molar-refractivity contribution in [1.82, 2.24) is 4.90 Å². The molecule has 1 aliphatic heterocycles. The number of amides is 2. The van der Waals surface area contributed by atoms with Crippen molar-refractivity contribution in [2.24, 2.45) is 0 Å². The van der Waals surface area contributed by atoms with Gasteiger partial charge in [-0.3, -0.25) is 10.1 Å². The van der Waals surface area contributed by atoms with Crippen LogP contribution in [0.15, 0.2) is 24.3 Å². The third kappa shape index (κ3) is 7.01. The van der Waals surface area contributed by atoms with Crippen molar-refractivity contribution >= 4 is 33.5 Å². The van der Waals surface area contributed by atoms with Crippen molar-refractivity contribution < 1.29 is 32.3 Å². The first-order chi connectivity index (χ1) is 14.3. The van der Waals surface area contributed by atoms with Gasteiger partial charge in [-0.05, 0) is 38.0 Å². The quantitative estimate of drug-likeness (QED) is 0.585. The van der Waals surface area contributed by atoms with Gasteiger partial charge in [0.15, 0.2) is 16.4 Å². The van der Waals surface area contributed by atoms with E-state index in [1.807, 2.05) is 6.92 Å². The molecule has 2 rings (SSSR count). The molecule has 1 heterocycles. The minimum Gasteiger partial charge on any atom is -0.452 e. The van der Waals surface area contributed by atoms with Crippen LogP contribution in [0.4, 0.5) is 10.5 Å². The molecule has 1 fully saturated rings. The van der Waals surface area contributed by atoms with E-state index in [-0.39, 0.29) is 29.7 Å². The van der Waals surface area contributed by atoms with Gasteiger partial charge in [-0.25, -0.2) is 18.0 Å². The van der Waals surface area contributed by atoms with E-state index < -0.39 is 34.4 Å². The van der Waals surface area contributed by atoms with Gasteiger partial charge in [0.2, 0.25) is 0 Å². The second kappa shape index (κ2) is 11.0. The third-order valence-corrected chi connectivity index (χ3v) is 6.42. The van der Waals surface area contributed by atoms with Gasteiger partial charge >= 0.3 is 12.1 Å². The lowest BCUT2D eigenvalue weighted by molar-refractivity contribution is -0.136. The third-order valence-electron chi connectivity index (χ3n) is 4.67. The second-order valence-corrected chi connectivity index (χ2v) is 9.23. The van der Waals surface area contributed by atoms with Gasteiger partial charge in [-0.1, -0.05) is 19.4 Å². The number of nitrogens with one attached hydrogen (secondary N) is 1. The summed E-state index contributed by atoms with van der Waals surface area (Å²) in [7, 11) is -3.14. The Morgan fingerprint density at radius 3 is 2.60 bits per heavy atom. The van der Waals surface area contributed by atoms with Gasteiger partial charge in [0.25, 0.3) is 5.91 Å². The van der Waals surface area contributed by atoms with Crippen LogP contribution in [0.5, 0.6) is 0 Å². The van der Waals surface area contributed by atoms with Crippen molar-refractivity contribution in [2.75, 3.05) is 36.6 Å². The molecule has 0 aliphatic carbocycles. The summed E-state index contributed by atoms with van der Waals surface area (Å²) in [6.45, 7) is 3.81. The lowest BCUT2D eigenvalue weighted by Crippen LogP contribution is -2.43. The van der Waals surface area contributed by atoms with Crippen LogP contribution in [0.1, 0.15) is 43.5 Å². The van der Waals surface area contributed by atoms with E-state index in [1.165, 1.54) is 17.0 Å². The van der Waals surface area contributed by atoms with Crippen LogP contribution in [-0.2, 0) is 24.1 Å². The standard InChI is InChI=1S/C20H28N2O7S/c1-3-5-10-22(17-9-11-30(26,27)14-17)18(23)13-29-19(24)15-7-6-8-16(12-15)21-20(25)28-4-2/h6-8,12,17H,3-5,9-11,13-14H2,1-2H3,(H,21,25). The molecule has 10 heteroatoms. The van der Waals surface area contributed by atoms with Crippen LogP contribution < -0.4 is 5.32 Å². The number of nitrogens with zero attached hydrogens (tertiary/aromatic N) is 1. The van der Waals surface area contributed by atoms with Gasteiger partial charge in [0, 0.05) is 18.3 Å². The fourth-order valence-electron chi connectivity index (χ4n) is 3.16. The summed E-state index contributed by atoms with van der Waals surface area (Å²) in [5, 5.41) is 2.49. The Labute approximate surface area is 176 Å². The van der Waals surface area contributed by atoms with E-state index in [9.17, 15) is 22.8 Å². The molecular weight excluding hydrogens is 412 g/mol. The maximum atomic E-state index is 12.6. The first kappa shape index (κ1) is 23.7. The molecule has 30 heavy (non-hydrogen) atoms. The van der Waals surface area contributed by atoms with Gasteiger partial charge < -0.3 is 14.4 Å². The molecule has 1 aromatic rings. The Bertz CT molecular complexity index is 870. The number of sulfone groups is 1. The Kier molecular flexibility index (Phi) is 8.64. The zero-order valence-corrected chi connectivity index (χ0v) is 18.1. The fraction of sp³-hybridized carbons (Fsp3) is 0.550. The largest absolute Gasteiger partial charge is 0.452 e. The van der Waals surface area contributed by atoms with Crippen molar-refractivity contribution in [3.63, 3.8) is 0 Å². The van der Waals surface area contributed by atoms with E-state index in [0.717, 1.165) is 12.8 Å². The molecule has 0 radical (unpaired) electrons. The van der Waals surface area contributed by atoms with Crippen LogP contribution >= 0.6 is 0 Å². The van der Waals surface area contributed by atoms with Gasteiger partial charge in [0.1, 0.15) is 0 Å². The highest BCUT2D eigenvalue weighted by Crippen LogP contribution is 2.19. The number of carbonyl (C=O) groups excluding carboxylic acids is 3. The number of hydrogen-bond acceptors (Lipinski definition) is 7. The van der Waals surface area contributed by atoms with Crippen molar-refractivity contribution in [2.45, 2.75) is 39.2 Å². The lowest BCUT2D eigenvalue weighted by atomic mass is 10.2. The molecule has 1 atom stereocenters. The van der Waals surface area contributed by atoms with Crippen LogP contribution in [0.3, 0.4) is 0 Å². The molecule has 0 bridgehead atoms. The van der Waals surface area contributed by atoms with E-state index in [2.05, 4.69) is 5.32 Å². The molecule has 1 saturated heterocycles. The number of carbonyl (C=O) groups is 3. The predicted molar refractivity (Wildman–Crippen MR) is 111 cm³/mol. The average Bonchev–Trinajstić information content (AvgIpc) is 3.06. The summed E-state index contributed by atoms with van der Waals surface area (Å²) in [6, 6.07) is 5.69. The zero-order chi connectivity index (χ0) is 22.1. The minimum absolute atomic E-state index is 0.0576. The Hall–Kier alpha value is -2.62. The first-order valence-corrected chi connectivity index (χ1v) is 11.8. The number of rotatable bonds is 9. The van der Waals surface area contributed by atoms with E-state index in [0.29, 0.717) is 18.7 Å². The predicted octanol–water partition coefficient (Wildman–Crippen LogP) is 2.23. The molecular formula is C20H28N2O7S. The van der Waals surface area contributed by atoms with Crippen LogP contribution in [0, 0.1) is 0 Å². The highest BCUT2D eigenvalue weighted by molar-refractivity contribution is 7.91. The molecule has 1 aromatic carbocycles. The van der Waals surface area contributed by atoms with Gasteiger partial charge in [-0.2, -0.15) is 0 Å². The number of ether oxygens (including phenoxy) is 2. The second-order valence-electron chi connectivity index (χ2n) is 7.00. The Balaban J connectivity index is 1.97. The average molecular weight is 441 g/mol. The Morgan fingerprint density at radius 2 is 1.97 bits per heavy atom. The summed E-state index contributed by atoms with van der Waals surface area (Å²) in [5.74, 6) is -1.13. The summed E-state index contributed by atoms with van der Waals surface area (Å²) in [4.78, 5) is 38.0. The lowest BCUT2D eigenvalue weighted by Gasteiger charge is -2.28. The normalized spacial score (nSPS) is 17.2. The monoisotopic (exact) mass is 440 g/mol. The summed E-state index contributed by atoms with van der Waals surface area (Å²) < 4.78 is 33.5. The van der Waals surface area contributed by atoms with Gasteiger partial charge in [-0.15, -0.1) is 0 Å². The Morgan fingerprint density at radius 1 is 1.20 bits per heavy atom. The highest BCUT2D eigenvalue weighted by Gasteiger charge is 2.34. The van der Waals surface area contributed by atoms with Crippen LogP contribution in [0.2, 0.25) is 0 Å². The van der Waals surface area contributed by atoms with Crippen LogP contribution in [0.25, 0.3) is 0 Å². The van der Waals surface area contributed by atoms with Crippen LogP contribution in [-0.4, -0.2) is 68.6 Å². The number of hydrogen-bond donors (Lipinski definition) is 1. The maximum absolute atomic E-state index is 12.6. The van der Waals surface area contributed by atoms with Crippen molar-refractivity contribution in [3.05, 3.63) is 29.8 Å². The molecule has 0 saturated carbocycles. The molecule has 0 aromatic heterocycles. The molecule has 1 aliphatic rings. The molecule has 9 nitrogen and oxygen atoms in total. The van der Waals surface area contributed by atoms with E-state index >= 15 is 0 Å².